The summed E-state index contributed by atoms with van der Waals surface area (Å²) in [5.41, 5.74) is 3.71. The van der Waals surface area contributed by atoms with Gasteiger partial charge >= 0.3 is 0 Å². The van der Waals surface area contributed by atoms with E-state index >= 15 is 0 Å². The van der Waals surface area contributed by atoms with E-state index in [4.69, 9.17) is 11.6 Å². The lowest BCUT2D eigenvalue weighted by Crippen LogP contribution is -2.50. The average Bonchev–Trinajstić information content (AvgIpc) is 2.85. The summed E-state index contributed by atoms with van der Waals surface area (Å²) in [5.74, 6) is -0.887. The predicted molar refractivity (Wildman–Crippen MR) is 147 cm³/mol. The van der Waals surface area contributed by atoms with Gasteiger partial charge in [0.05, 0.1) is 10.6 Å². The number of carbonyl (C=O) groups excluding carboxylic acids is 2. The first kappa shape index (κ1) is 28.2. The summed E-state index contributed by atoms with van der Waals surface area (Å²) in [6, 6.07) is 18.0. The highest BCUT2D eigenvalue weighted by atomic mass is 35.5. The van der Waals surface area contributed by atoms with Crippen molar-refractivity contribution in [2.45, 2.75) is 45.2 Å². The Balaban J connectivity index is 2.07. The number of aryl methyl sites for hydroxylation is 3. The molecule has 0 aliphatic rings. The Morgan fingerprint density at radius 3 is 2.19 bits per heavy atom. The predicted octanol–water partition coefficient (Wildman–Crippen LogP) is 4.62. The molecule has 1 atom stereocenters. The van der Waals surface area contributed by atoms with Gasteiger partial charge in [-0.15, -0.1) is 0 Å². The molecule has 7 nitrogen and oxygen atoms in total. The van der Waals surface area contributed by atoms with Gasteiger partial charge in [-0.3, -0.25) is 13.9 Å². The van der Waals surface area contributed by atoms with Crippen molar-refractivity contribution in [3.63, 3.8) is 0 Å². The lowest BCUT2D eigenvalue weighted by molar-refractivity contribution is -0.139. The van der Waals surface area contributed by atoms with E-state index in [2.05, 4.69) is 5.32 Å². The summed E-state index contributed by atoms with van der Waals surface area (Å²) in [7, 11) is -2.61. The Labute approximate surface area is 224 Å². The van der Waals surface area contributed by atoms with Gasteiger partial charge in [-0.05, 0) is 69.2 Å². The number of likely N-dealkylation sites (N-methyl/N-ethyl adjacent to an activating group) is 1. The SMILES string of the molecule is CNC(=O)[C@@H](C)N(Cc1cccc(Cl)c1)C(=O)CN(c1ccc(C)cc1C)S(=O)(=O)c1ccc(C)cc1. The number of nitrogens with zero attached hydrogens (tertiary/aromatic N) is 2. The molecular formula is C28H32ClN3O4S. The minimum absolute atomic E-state index is 0.0756. The molecule has 0 saturated heterocycles. The largest absolute Gasteiger partial charge is 0.357 e. The fraction of sp³-hybridized carbons (Fsp3) is 0.286. The lowest BCUT2D eigenvalue weighted by Gasteiger charge is -2.32. The van der Waals surface area contributed by atoms with Crippen LogP contribution in [0, 0.1) is 20.8 Å². The minimum Gasteiger partial charge on any atom is -0.357 e. The van der Waals surface area contributed by atoms with Crippen molar-refractivity contribution in [3.05, 3.63) is 94.0 Å². The van der Waals surface area contributed by atoms with Gasteiger partial charge < -0.3 is 10.2 Å². The molecule has 2 amide bonds. The van der Waals surface area contributed by atoms with Crippen molar-refractivity contribution in [1.29, 1.82) is 0 Å². The average molecular weight is 542 g/mol. The van der Waals surface area contributed by atoms with Crippen LogP contribution in [-0.2, 0) is 26.2 Å². The molecule has 0 heterocycles. The maximum absolute atomic E-state index is 13.9. The van der Waals surface area contributed by atoms with Crippen LogP contribution in [-0.4, -0.2) is 44.8 Å². The molecule has 0 saturated carbocycles. The third-order valence-electron chi connectivity index (χ3n) is 6.16. The third-order valence-corrected chi connectivity index (χ3v) is 8.17. The number of sulfonamides is 1. The molecule has 9 heteroatoms. The molecule has 3 rings (SSSR count). The first-order valence-electron chi connectivity index (χ1n) is 11.9. The molecule has 196 valence electrons. The summed E-state index contributed by atoms with van der Waals surface area (Å²) >= 11 is 6.14. The molecular weight excluding hydrogens is 510 g/mol. The molecule has 3 aromatic carbocycles. The Bertz CT molecular complexity index is 1390. The molecule has 0 aromatic heterocycles. The van der Waals surface area contributed by atoms with Crippen molar-refractivity contribution in [2.24, 2.45) is 0 Å². The number of carbonyl (C=O) groups is 2. The molecule has 0 spiro atoms. The fourth-order valence-corrected chi connectivity index (χ4v) is 5.75. The summed E-state index contributed by atoms with van der Waals surface area (Å²) in [4.78, 5) is 27.8. The lowest BCUT2D eigenvalue weighted by atomic mass is 10.1. The third kappa shape index (κ3) is 6.70. The molecule has 37 heavy (non-hydrogen) atoms. The Morgan fingerprint density at radius 1 is 0.946 bits per heavy atom. The second kappa shape index (κ2) is 11.8. The van der Waals surface area contributed by atoms with Crippen LogP contribution in [0.25, 0.3) is 0 Å². The van der Waals surface area contributed by atoms with Gasteiger partial charge in [0, 0.05) is 18.6 Å². The molecule has 0 fully saturated rings. The normalized spacial score (nSPS) is 12.1. The second-order valence-electron chi connectivity index (χ2n) is 9.06. The van der Waals surface area contributed by atoms with Gasteiger partial charge in [0.2, 0.25) is 11.8 Å². The number of amides is 2. The summed E-state index contributed by atoms with van der Waals surface area (Å²) in [6.45, 7) is 6.80. The summed E-state index contributed by atoms with van der Waals surface area (Å²) in [6.07, 6.45) is 0. The molecule has 3 aromatic rings. The van der Waals surface area contributed by atoms with E-state index in [1.165, 1.54) is 24.1 Å². The standard InChI is InChI=1S/C28H32ClN3O4S/c1-19-9-12-25(13-10-19)37(35,36)32(26-14-11-20(2)15-21(26)3)18-27(33)31(22(4)28(34)30-5)17-23-7-6-8-24(29)16-23/h6-16,22H,17-18H2,1-5H3,(H,30,34)/t22-/m1/s1. The smallest absolute Gasteiger partial charge is 0.264 e. The summed E-state index contributed by atoms with van der Waals surface area (Å²) < 4.78 is 28.8. The van der Waals surface area contributed by atoms with Crippen LogP contribution >= 0.6 is 11.6 Å². The number of benzene rings is 3. The Hall–Kier alpha value is -3.36. The van der Waals surface area contributed by atoms with Crippen LogP contribution in [0.15, 0.2) is 71.6 Å². The van der Waals surface area contributed by atoms with E-state index in [9.17, 15) is 18.0 Å². The maximum atomic E-state index is 13.9. The van der Waals surface area contributed by atoms with Gasteiger partial charge in [-0.2, -0.15) is 0 Å². The number of nitrogens with one attached hydrogen (secondary N) is 1. The number of halogens is 1. The number of hydrogen-bond donors (Lipinski definition) is 1. The minimum atomic E-state index is -4.10. The van der Waals surface area contributed by atoms with Gasteiger partial charge in [0.25, 0.3) is 10.0 Å². The molecule has 0 aliphatic heterocycles. The van der Waals surface area contributed by atoms with Crippen molar-refractivity contribution >= 4 is 39.1 Å². The van der Waals surface area contributed by atoms with Crippen LogP contribution in [0.4, 0.5) is 5.69 Å². The van der Waals surface area contributed by atoms with Gasteiger partial charge in [-0.25, -0.2) is 8.42 Å². The highest BCUT2D eigenvalue weighted by molar-refractivity contribution is 7.92. The van der Waals surface area contributed by atoms with E-state index in [0.717, 1.165) is 21.0 Å². The zero-order chi connectivity index (χ0) is 27.3. The van der Waals surface area contributed by atoms with E-state index in [0.29, 0.717) is 16.3 Å². The molecule has 0 unspecified atom stereocenters. The van der Waals surface area contributed by atoms with Crippen molar-refractivity contribution in [1.82, 2.24) is 10.2 Å². The highest BCUT2D eigenvalue weighted by Crippen LogP contribution is 2.28. The van der Waals surface area contributed by atoms with E-state index in [-0.39, 0.29) is 17.3 Å². The zero-order valence-electron chi connectivity index (χ0n) is 21.7. The van der Waals surface area contributed by atoms with Crippen molar-refractivity contribution in [2.75, 3.05) is 17.9 Å². The van der Waals surface area contributed by atoms with Crippen LogP contribution in [0.3, 0.4) is 0 Å². The Morgan fingerprint density at radius 2 is 1.59 bits per heavy atom. The second-order valence-corrected chi connectivity index (χ2v) is 11.4. The molecule has 0 aliphatic carbocycles. The number of hydrogen-bond acceptors (Lipinski definition) is 4. The topological polar surface area (TPSA) is 86.8 Å². The van der Waals surface area contributed by atoms with Gasteiger partial charge in [0.15, 0.2) is 0 Å². The van der Waals surface area contributed by atoms with Crippen LogP contribution in [0.1, 0.15) is 29.2 Å². The fourth-order valence-electron chi connectivity index (χ4n) is 4.06. The van der Waals surface area contributed by atoms with E-state index < -0.39 is 28.5 Å². The summed E-state index contributed by atoms with van der Waals surface area (Å²) in [5, 5.41) is 3.06. The molecule has 0 radical (unpaired) electrons. The zero-order valence-corrected chi connectivity index (χ0v) is 23.2. The van der Waals surface area contributed by atoms with Crippen LogP contribution in [0.2, 0.25) is 5.02 Å². The van der Waals surface area contributed by atoms with Crippen LogP contribution in [0.5, 0.6) is 0 Å². The van der Waals surface area contributed by atoms with Crippen molar-refractivity contribution in [3.8, 4) is 0 Å². The van der Waals surface area contributed by atoms with E-state index in [1.807, 2.05) is 19.9 Å². The Kier molecular flexibility index (Phi) is 8.99. The van der Waals surface area contributed by atoms with Crippen LogP contribution < -0.4 is 9.62 Å². The maximum Gasteiger partial charge on any atom is 0.264 e. The van der Waals surface area contributed by atoms with Gasteiger partial charge in [-0.1, -0.05) is 59.1 Å². The highest BCUT2D eigenvalue weighted by Gasteiger charge is 2.33. The van der Waals surface area contributed by atoms with E-state index in [1.54, 1.807) is 62.4 Å². The molecule has 1 N–H and O–H groups in total. The first-order valence-corrected chi connectivity index (χ1v) is 13.7. The number of anilines is 1. The quantitative estimate of drug-likeness (QED) is 0.428. The molecule has 0 bridgehead atoms. The first-order chi connectivity index (χ1) is 17.4. The number of rotatable bonds is 9. The van der Waals surface area contributed by atoms with Crippen molar-refractivity contribution < 1.29 is 18.0 Å². The monoisotopic (exact) mass is 541 g/mol. The van der Waals surface area contributed by atoms with Gasteiger partial charge in [0.1, 0.15) is 12.6 Å².